The molecule has 0 heterocycles. The van der Waals surface area contributed by atoms with Crippen molar-refractivity contribution in [2.24, 2.45) is 0 Å². The second-order valence-corrected chi connectivity index (χ2v) is 5.99. The van der Waals surface area contributed by atoms with Gasteiger partial charge in [0.15, 0.2) is 11.5 Å². The quantitative estimate of drug-likeness (QED) is 0.829. The predicted octanol–water partition coefficient (Wildman–Crippen LogP) is 4.20. The highest BCUT2D eigenvalue weighted by molar-refractivity contribution is 5.44. The molecule has 24 heavy (non-hydrogen) atoms. The van der Waals surface area contributed by atoms with E-state index >= 15 is 0 Å². The summed E-state index contributed by atoms with van der Waals surface area (Å²) in [6.07, 6.45) is 0.104. The second-order valence-electron chi connectivity index (χ2n) is 5.99. The van der Waals surface area contributed by atoms with Gasteiger partial charge >= 0.3 is 0 Å². The number of hydrogen-bond donors (Lipinski definition) is 1. The van der Waals surface area contributed by atoms with Crippen molar-refractivity contribution in [2.75, 3.05) is 7.11 Å². The van der Waals surface area contributed by atoms with Crippen LogP contribution in [0.25, 0.3) is 0 Å². The third-order valence-corrected chi connectivity index (χ3v) is 3.72. The van der Waals surface area contributed by atoms with E-state index in [0.29, 0.717) is 12.1 Å². The van der Waals surface area contributed by atoms with Crippen molar-refractivity contribution in [1.82, 2.24) is 5.32 Å². The Bertz CT molecular complexity index is 720. The molecular formula is C20H24N2O2. The van der Waals surface area contributed by atoms with Crippen LogP contribution in [-0.4, -0.2) is 13.2 Å². The average molecular weight is 324 g/mol. The Hall–Kier alpha value is -2.51. The Morgan fingerprint density at radius 1 is 1.08 bits per heavy atom. The van der Waals surface area contributed by atoms with Crippen LogP contribution in [0.15, 0.2) is 42.5 Å². The molecule has 2 aromatic rings. The number of nitrogens with zero attached hydrogens (tertiary/aromatic N) is 1. The molecule has 1 atom stereocenters. The zero-order chi connectivity index (χ0) is 17.5. The third kappa shape index (κ3) is 4.74. The second kappa shape index (κ2) is 8.37. The molecule has 1 N–H and O–H groups in total. The molecule has 0 aliphatic rings. The Morgan fingerprint density at radius 2 is 1.88 bits per heavy atom. The van der Waals surface area contributed by atoms with E-state index < -0.39 is 0 Å². The minimum absolute atomic E-state index is 0.104. The summed E-state index contributed by atoms with van der Waals surface area (Å²) in [5.41, 5.74) is 2.89. The number of hydrogen-bond acceptors (Lipinski definition) is 4. The molecule has 126 valence electrons. The third-order valence-electron chi connectivity index (χ3n) is 3.72. The van der Waals surface area contributed by atoms with E-state index in [2.05, 4.69) is 18.3 Å². The first kappa shape index (κ1) is 17.8. The van der Waals surface area contributed by atoms with Crippen molar-refractivity contribution in [3.8, 4) is 17.6 Å². The summed E-state index contributed by atoms with van der Waals surface area (Å²) in [5.74, 6) is 1.49. The highest BCUT2D eigenvalue weighted by Crippen LogP contribution is 2.31. The summed E-state index contributed by atoms with van der Waals surface area (Å²) in [7, 11) is 1.65. The van der Waals surface area contributed by atoms with E-state index in [1.807, 2.05) is 56.3 Å². The minimum Gasteiger partial charge on any atom is -0.493 e. The van der Waals surface area contributed by atoms with Crippen molar-refractivity contribution in [1.29, 1.82) is 5.26 Å². The summed E-state index contributed by atoms with van der Waals surface area (Å²) >= 11 is 0. The molecule has 2 rings (SSSR count). The predicted molar refractivity (Wildman–Crippen MR) is 95.2 cm³/mol. The molecule has 0 amide bonds. The lowest BCUT2D eigenvalue weighted by Gasteiger charge is -2.18. The van der Waals surface area contributed by atoms with Gasteiger partial charge in [0.05, 0.1) is 24.8 Å². The lowest BCUT2D eigenvalue weighted by atomic mass is 10.1. The first-order chi connectivity index (χ1) is 11.5. The number of benzene rings is 2. The maximum atomic E-state index is 8.97. The highest BCUT2D eigenvalue weighted by atomic mass is 16.5. The van der Waals surface area contributed by atoms with Gasteiger partial charge in [-0.05, 0) is 56.2 Å². The van der Waals surface area contributed by atoms with E-state index in [1.54, 1.807) is 7.11 Å². The average Bonchev–Trinajstić information content (AvgIpc) is 2.59. The molecule has 4 heteroatoms. The number of methoxy groups -OCH3 is 1. The standard InChI is InChI=1S/C20H24N2O2/c1-14(2)24-19-9-8-18(11-20(19)23-4)15(3)22-13-17-7-5-6-16(10-17)12-21/h5-11,14-15,22H,13H2,1-4H3. The van der Waals surface area contributed by atoms with Gasteiger partial charge in [-0.2, -0.15) is 5.26 Å². The monoisotopic (exact) mass is 324 g/mol. The Kier molecular flexibility index (Phi) is 6.22. The Balaban J connectivity index is 2.06. The Morgan fingerprint density at radius 3 is 2.54 bits per heavy atom. The summed E-state index contributed by atoms with van der Waals surface area (Å²) < 4.78 is 11.2. The molecule has 0 saturated carbocycles. The molecule has 0 aromatic heterocycles. The van der Waals surface area contributed by atoms with Crippen molar-refractivity contribution in [3.63, 3.8) is 0 Å². The first-order valence-electron chi connectivity index (χ1n) is 8.10. The smallest absolute Gasteiger partial charge is 0.161 e. The SMILES string of the molecule is COc1cc(C(C)NCc2cccc(C#N)c2)ccc1OC(C)C. The van der Waals surface area contributed by atoms with Gasteiger partial charge in [0.1, 0.15) is 0 Å². The normalized spacial score (nSPS) is 11.8. The topological polar surface area (TPSA) is 54.3 Å². The van der Waals surface area contributed by atoms with Crippen LogP contribution >= 0.6 is 0 Å². The van der Waals surface area contributed by atoms with Gasteiger partial charge in [-0.25, -0.2) is 0 Å². The van der Waals surface area contributed by atoms with Gasteiger partial charge in [-0.1, -0.05) is 18.2 Å². The van der Waals surface area contributed by atoms with Crippen LogP contribution in [0.5, 0.6) is 11.5 Å². The molecule has 0 aliphatic carbocycles. The minimum atomic E-state index is 0.104. The van der Waals surface area contributed by atoms with E-state index in [0.717, 1.165) is 22.6 Å². The van der Waals surface area contributed by atoms with Gasteiger partial charge in [0.25, 0.3) is 0 Å². The fourth-order valence-electron chi connectivity index (χ4n) is 2.44. The highest BCUT2D eigenvalue weighted by Gasteiger charge is 2.11. The molecule has 0 bridgehead atoms. The summed E-state index contributed by atoms with van der Waals surface area (Å²) in [6.45, 7) is 6.79. The number of nitrogens with one attached hydrogen (secondary N) is 1. The molecule has 0 saturated heterocycles. The summed E-state index contributed by atoms with van der Waals surface area (Å²) in [5, 5.41) is 12.4. The van der Waals surface area contributed by atoms with Gasteiger partial charge in [-0.15, -0.1) is 0 Å². The maximum absolute atomic E-state index is 8.97. The largest absolute Gasteiger partial charge is 0.493 e. The molecule has 0 aliphatic heterocycles. The van der Waals surface area contributed by atoms with Gasteiger partial charge < -0.3 is 14.8 Å². The van der Waals surface area contributed by atoms with Gasteiger partial charge in [0.2, 0.25) is 0 Å². The number of rotatable bonds is 7. The fourth-order valence-corrected chi connectivity index (χ4v) is 2.44. The molecule has 2 aromatic carbocycles. The Labute approximate surface area is 144 Å². The number of nitriles is 1. The fraction of sp³-hybridized carbons (Fsp3) is 0.350. The van der Waals surface area contributed by atoms with Crippen LogP contribution in [0.4, 0.5) is 0 Å². The lowest BCUT2D eigenvalue weighted by molar-refractivity contribution is 0.230. The van der Waals surface area contributed by atoms with Crippen LogP contribution < -0.4 is 14.8 Å². The summed E-state index contributed by atoms with van der Waals surface area (Å²) in [4.78, 5) is 0. The van der Waals surface area contributed by atoms with Gasteiger partial charge in [-0.3, -0.25) is 0 Å². The van der Waals surface area contributed by atoms with Crippen LogP contribution in [0.1, 0.15) is 43.5 Å². The molecule has 0 fully saturated rings. The molecule has 0 spiro atoms. The zero-order valence-corrected chi connectivity index (χ0v) is 14.7. The lowest BCUT2D eigenvalue weighted by Crippen LogP contribution is -2.18. The van der Waals surface area contributed by atoms with E-state index in [4.69, 9.17) is 14.7 Å². The molecular weight excluding hydrogens is 300 g/mol. The molecule has 0 radical (unpaired) electrons. The van der Waals surface area contributed by atoms with E-state index in [9.17, 15) is 0 Å². The zero-order valence-electron chi connectivity index (χ0n) is 14.7. The van der Waals surface area contributed by atoms with E-state index in [1.165, 1.54) is 0 Å². The maximum Gasteiger partial charge on any atom is 0.161 e. The first-order valence-corrected chi connectivity index (χ1v) is 8.10. The van der Waals surface area contributed by atoms with Crippen molar-refractivity contribution >= 4 is 0 Å². The summed E-state index contributed by atoms with van der Waals surface area (Å²) in [6, 6.07) is 15.9. The van der Waals surface area contributed by atoms with Crippen molar-refractivity contribution in [3.05, 3.63) is 59.2 Å². The number of ether oxygens (including phenoxy) is 2. The molecule has 1 unspecified atom stereocenters. The van der Waals surface area contributed by atoms with E-state index in [-0.39, 0.29) is 12.1 Å². The van der Waals surface area contributed by atoms with Crippen LogP contribution in [0, 0.1) is 11.3 Å². The van der Waals surface area contributed by atoms with Gasteiger partial charge in [0, 0.05) is 12.6 Å². The van der Waals surface area contributed by atoms with Crippen molar-refractivity contribution in [2.45, 2.75) is 39.5 Å². The molecule has 4 nitrogen and oxygen atoms in total. The van der Waals surface area contributed by atoms with Crippen molar-refractivity contribution < 1.29 is 9.47 Å². The van der Waals surface area contributed by atoms with Crippen LogP contribution in [0.3, 0.4) is 0 Å². The van der Waals surface area contributed by atoms with Crippen LogP contribution in [-0.2, 0) is 6.54 Å². The van der Waals surface area contributed by atoms with Crippen LogP contribution in [0.2, 0.25) is 0 Å².